The van der Waals surface area contributed by atoms with Gasteiger partial charge in [-0.25, -0.2) is 0 Å². The fourth-order valence-corrected chi connectivity index (χ4v) is 1.37. The number of carbonyl (C=O) groups is 1. The molecule has 0 aliphatic rings. The number of anilines is 1. The minimum atomic E-state index is 0.184. The molecule has 1 N–H and O–H groups in total. The van der Waals surface area contributed by atoms with Crippen LogP contribution >= 0.6 is 0 Å². The highest BCUT2D eigenvalue weighted by molar-refractivity contribution is 5.96. The maximum absolute atomic E-state index is 11.4. The van der Waals surface area contributed by atoms with Crippen LogP contribution in [0.25, 0.3) is 0 Å². The number of rotatable bonds is 5. The van der Waals surface area contributed by atoms with Crippen molar-refractivity contribution in [3.05, 3.63) is 29.8 Å². The van der Waals surface area contributed by atoms with Crippen molar-refractivity contribution in [2.24, 2.45) is 0 Å². The van der Waals surface area contributed by atoms with E-state index in [1.807, 2.05) is 38.1 Å². The third-order valence-electron chi connectivity index (χ3n) is 2.28. The molecule has 0 aromatic heterocycles. The van der Waals surface area contributed by atoms with Crippen molar-refractivity contribution in [1.82, 2.24) is 0 Å². The van der Waals surface area contributed by atoms with Gasteiger partial charge in [-0.1, -0.05) is 6.92 Å². The zero-order valence-corrected chi connectivity index (χ0v) is 9.84. The van der Waals surface area contributed by atoms with Gasteiger partial charge in [0.15, 0.2) is 5.78 Å². The van der Waals surface area contributed by atoms with E-state index in [1.54, 1.807) is 0 Å². The van der Waals surface area contributed by atoms with Crippen LogP contribution in [0, 0.1) is 11.8 Å². The van der Waals surface area contributed by atoms with Gasteiger partial charge in [0, 0.05) is 30.6 Å². The predicted molar refractivity (Wildman–Crippen MR) is 67.6 cm³/mol. The number of nitrogens with one attached hydrogen (secondary N) is 1. The number of hydrogen-bond acceptors (Lipinski definition) is 2. The van der Waals surface area contributed by atoms with Gasteiger partial charge in [0.1, 0.15) is 0 Å². The van der Waals surface area contributed by atoms with Crippen molar-refractivity contribution < 1.29 is 4.79 Å². The molecule has 0 amide bonds. The van der Waals surface area contributed by atoms with Crippen molar-refractivity contribution in [3.8, 4) is 11.8 Å². The van der Waals surface area contributed by atoms with Crippen LogP contribution in [-0.4, -0.2) is 12.3 Å². The second-order valence-corrected chi connectivity index (χ2v) is 3.46. The van der Waals surface area contributed by atoms with E-state index in [4.69, 9.17) is 0 Å². The molecule has 0 aliphatic heterocycles. The van der Waals surface area contributed by atoms with E-state index in [9.17, 15) is 4.79 Å². The van der Waals surface area contributed by atoms with Gasteiger partial charge in [-0.05, 0) is 31.2 Å². The summed E-state index contributed by atoms with van der Waals surface area (Å²) in [7, 11) is 0. The van der Waals surface area contributed by atoms with Crippen LogP contribution in [0.3, 0.4) is 0 Å². The maximum atomic E-state index is 11.4. The van der Waals surface area contributed by atoms with E-state index < -0.39 is 0 Å². The van der Waals surface area contributed by atoms with Gasteiger partial charge in [0.05, 0.1) is 0 Å². The van der Waals surface area contributed by atoms with Crippen molar-refractivity contribution in [2.45, 2.75) is 26.7 Å². The van der Waals surface area contributed by atoms with Crippen LogP contribution in [0.5, 0.6) is 0 Å². The molecule has 0 radical (unpaired) electrons. The molecule has 0 saturated heterocycles. The average Bonchev–Trinajstić information content (AvgIpc) is 2.34. The van der Waals surface area contributed by atoms with Crippen LogP contribution in [-0.2, 0) is 0 Å². The van der Waals surface area contributed by atoms with E-state index in [1.165, 1.54) is 0 Å². The fourth-order valence-electron chi connectivity index (χ4n) is 1.37. The Hall–Kier alpha value is -1.75. The molecule has 0 aliphatic carbocycles. The average molecular weight is 215 g/mol. The lowest BCUT2D eigenvalue weighted by atomic mass is 10.1. The Morgan fingerprint density at radius 1 is 1.31 bits per heavy atom. The van der Waals surface area contributed by atoms with Crippen LogP contribution in [0.15, 0.2) is 24.3 Å². The molecule has 0 saturated carbocycles. The second kappa shape index (κ2) is 6.68. The van der Waals surface area contributed by atoms with E-state index in [0.29, 0.717) is 6.42 Å². The number of benzene rings is 1. The third-order valence-corrected chi connectivity index (χ3v) is 2.28. The molecule has 84 valence electrons. The first kappa shape index (κ1) is 12.3. The molecule has 0 bridgehead atoms. The molecular formula is C14H17NO. The summed E-state index contributed by atoms with van der Waals surface area (Å²) in [5.41, 5.74) is 1.81. The molecule has 0 atom stereocenters. The van der Waals surface area contributed by atoms with Crippen molar-refractivity contribution in [1.29, 1.82) is 0 Å². The topological polar surface area (TPSA) is 29.1 Å². The summed E-state index contributed by atoms with van der Waals surface area (Å²) < 4.78 is 0. The Morgan fingerprint density at radius 2 is 2.00 bits per heavy atom. The van der Waals surface area contributed by atoms with Gasteiger partial charge in [-0.15, -0.1) is 11.8 Å². The first-order chi connectivity index (χ1) is 7.77. The second-order valence-electron chi connectivity index (χ2n) is 3.46. The number of carbonyl (C=O) groups excluding carboxylic acids is 1. The molecule has 0 heterocycles. The normalized spacial score (nSPS) is 9.12. The Bertz CT molecular complexity index is 395. The van der Waals surface area contributed by atoms with E-state index in [2.05, 4.69) is 17.2 Å². The molecule has 2 nitrogen and oxygen atoms in total. The Labute approximate surface area is 97.1 Å². The maximum Gasteiger partial charge on any atom is 0.162 e. The lowest BCUT2D eigenvalue weighted by Crippen LogP contribution is -2.01. The highest BCUT2D eigenvalue weighted by Crippen LogP contribution is 2.10. The smallest absolute Gasteiger partial charge is 0.162 e. The molecule has 2 heteroatoms. The molecule has 1 rings (SSSR count). The van der Waals surface area contributed by atoms with Gasteiger partial charge < -0.3 is 5.32 Å². The summed E-state index contributed by atoms with van der Waals surface area (Å²) in [6.45, 7) is 4.55. The molecule has 1 aromatic carbocycles. The zero-order valence-electron chi connectivity index (χ0n) is 9.84. The van der Waals surface area contributed by atoms with Crippen LogP contribution < -0.4 is 5.32 Å². The van der Waals surface area contributed by atoms with Crippen molar-refractivity contribution in [3.63, 3.8) is 0 Å². The highest BCUT2D eigenvalue weighted by atomic mass is 16.1. The highest BCUT2D eigenvalue weighted by Gasteiger charge is 2.01. The van der Waals surface area contributed by atoms with Crippen molar-refractivity contribution >= 4 is 11.5 Å². The molecular weight excluding hydrogens is 198 g/mol. The van der Waals surface area contributed by atoms with E-state index >= 15 is 0 Å². The summed E-state index contributed by atoms with van der Waals surface area (Å²) in [5.74, 6) is 6.03. The summed E-state index contributed by atoms with van der Waals surface area (Å²) >= 11 is 0. The van der Waals surface area contributed by atoms with Gasteiger partial charge in [-0.2, -0.15) is 0 Å². The van der Waals surface area contributed by atoms with E-state index in [-0.39, 0.29) is 5.78 Å². The van der Waals surface area contributed by atoms with Crippen LogP contribution in [0.4, 0.5) is 5.69 Å². The summed E-state index contributed by atoms with van der Waals surface area (Å²) in [4.78, 5) is 11.4. The number of ketones is 1. The molecule has 1 aromatic rings. The third kappa shape index (κ3) is 3.78. The largest absolute Gasteiger partial charge is 0.384 e. The molecule has 16 heavy (non-hydrogen) atoms. The zero-order chi connectivity index (χ0) is 11.8. The summed E-state index contributed by atoms with van der Waals surface area (Å²) in [5, 5.41) is 3.25. The first-order valence-corrected chi connectivity index (χ1v) is 5.54. The van der Waals surface area contributed by atoms with Crippen LogP contribution in [0.2, 0.25) is 0 Å². The Kier molecular flexibility index (Phi) is 5.15. The SMILES string of the molecule is CC#CCCNc1ccc(C(=O)CC)cc1. The monoisotopic (exact) mass is 215 g/mol. The van der Waals surface area contributed by atoms with Gasteiger partial charge in [0.25, 0.3) is 0 Å². The summed E-state index contributed by atoms with van der Waals surface area (Å²) in [6.07, 6.45) is 1.39. The summed E-state index contributed by atoms with van der Waals surface area (Å²) in [6, 6.07) is 7.59. The van der Waals surface area contributed by atoms with Crippen LogP contribution in [0.1, 0.15) is 37.0 Å². The lowest BCUT2D eigenvalue weighted by Gasteiger charge is -2.04. The van der Waals surface area contributed by atoms with Crippen molar-refractivity contribution in [2.75, 3.05) is 11.9 Å². The van der Waals surface area contributed by atoms with Gasteiger partial charge in [0.2, 0.25) is 0 Å². The Balaban J connectivity index is 2.50. The van der Waals surface area contributed by atoms with Gasteiger partial charge >= 0.3 is 0 Å². The lowest BCUT2D eigenvalue weighted by molar-refractivity contribution is 0.0988. The Morgan fingerprint density at radius 3 is 2.56 bits per heavy atom. The minimum absolute atomic E-state index is 0.184. The number of hydrogen-bond donors (Lipinski definition) is 1. The number of Topliss-reactive ketones (excluding diaryl/α,β-unsaturated/α-hetero) is 1. The fraction of sp³-hybridized carbons (Fsp3) is 0.357. The molecule has 0 unspecified atom stereocenters. The predicted octanol–water partition coefficient (Wildman–Crippen LogP) is 3.10. The molecule has 0 fully saturated rings. The van der Waals surface area contributed by atoms with E-state index in [0.717, 1.165) is 24.2 Å². The minimum Gasteiger partial charge on any atom is -0.384 e. The molecule has 0 spiro atoms. The quantitative estimate of drug-likeness (QED) is 0.464. The van der Waals surface area contributed by atoms with Gasteiger partial charge in [-0.3, -0.25) is 4.79 Å². The standard InChI is InChI=1S/C14H17NO/c1-3-5-6-11-15-13-9-7-12(8-10-13)14(16)4-2/h7-10,15H,4,6,11H2,1-2H3. The first-order valence-electron chi connectivity index (χ1n) is 5.54.